The molecule has 1 aromatic heterocycles. The first-order chi connectivity index (χ1) is 9.43. The van der Waals surface area contributed by atoms with E-state index in [1.807, 2.05) is 4.90 Å². The third kappa shape index (κ3) is 5.02. The highest BCUT2D eigenvalue weighted by Crippen LogP contribution is 2.09. The molecule has 0 fully saturated rings. The molecule has 3 N–H and O–H groups in total. The van der Waals surface area contributed by atoms with Crippen LogP contribution in [0.3, 0.4) is 0 Å². The molecule has 0 radical (unpaired) electrons. The van der Waals surface area contributed by atoms with E-state index in [9.17, 15) is 14.7 Å². The number of carboxylic acids is 1. The van der Waals surface area contributed by atoms with E-state index < -0.39 is 11.4 Å². The van der Waals surface area contributed by atoms with E-state index in [-0.39, 0.29) is 18.8 Å². The van der Waals surface area contributed by atoms with Crippen molar-refractivity contribution in [3.05, 3.63) is 28.2 Å². The van der Waals surface area contributed by atoms with Gasteiger partial charge in [-0.05, 0) is 13.5 Å². The van der Waals surface area contributed by atoms with E-state index in [2.05, 4.69) is 0 Å². The lowest BCUT2D eigenvalue weighted by Crippen LogP contribution is -2.25. The van der Waals surface area contributed by atoms with Crippen LogP contribution in [0.2, 0.25) is 0 Å². The van der Waals surface area contributed by atoms with Crippen molar-refractivity contribution in [2.45, 2.75) is 25.9 Å². The number of aromatic nitrogens is 1. The summed E-state index contributed by atoms with van der Waals surface area (Å²) in [4.78, 5) is 23.8. The van der Waals surface area contributed by atoms with Crippen LogP contribution in [0, 0.1) is 0 Å². The smallest absolute Gasteiger partial charge is 0.303 e. The molecule has 1 heterocycles. The highest BCUT2D eigenvalue weighted by atomic mass is 16.4. The standard InChI is InChI=1S/C13H20N2O5/c1-14(5-6-16)8-10-7-11(17)12(18)9-15(10)4-2-3-13(19)20/h7,9,16,18H,2-6,8H2,1H3,(H,19,20). The lowest BCUT2D eigenvalue weighted by molar-refractivity contribution is -0.137. The minimum absolute atomic E-state index is 0.0117. The van der Waals surface area contributed by atoms with Gasteiger partial charge in [0.05, 0.1) is 12.8 Å². The molecule has 0 saturated carbocycles. The molecule has 0 aliphatic rings. The van der Waals surface area contributed by atoms with Crippen molar-refractivity contribution in [2.24, 2.45) is 0 Å². The monoisotopic (exact) mass is 284 g/mol. The first-order valence-corrected chi connectivity index (χ1v) is 6.37. The van der Waals surface area contributed by atoms with Crippen molar-refractivity contribution in [3.63, 3.8) is 0 Å². The average molecular weight is 284 g/mol. The SMILES string of the molecule is CN(CCO)Cc1cc(=O)c(O)cn1CCCC(=O)O. The lowest BCUT2D eigenvalue weighted by Gasteiger charge is -2.19. The van der Waals surface area contributed by atoms with Gasteiger partial charge in [0.15, 0.2) is 5.75 Å². The summed E-state index contributed by atoms with van der Waals surface area (Å²) >= 11 is 0. The number of pyridine rings is 1. The van der Waals surface area contributed by atoms with Crippen molar-refractivity contribution in [3.8, 4) is 5.75 Å². The van der Waals surface area contributed by atoms with Crippen molar-refractivity contribution in [1.29, 1.82) is 0 Å². The molecule has 1 rings (SSSR count). The van der Waals surface area contributed by atoms with Crippen LogP contribution in [0.4, 0.5) is 0 Å². The van der Waals surface area contributed by atoms with E-state index in [1.54, 1.807) is 11.6 Å². The number of aliphatic hydroxyl groups is 1. The first-order valence-electron chi connectivity index (χ1n) is 6.37. The third-order valence-electron chi connectivity index (χ3n) is 2.90. The van der Waals surface area contributed by atoms with Gasteiger partial charge in [-0.2, -0.15) is 0 Å². The van der Waals surface area contributed by atoms with Crippen LogP contribution in [-0.4, -0.2) is 51.0 Å². The number of carbonyl (C=O) groups is 1. The van der Waals surface area contributed by atoms with E-state index in [0.717, 1.165) is 0 Å². The molecule has 0 unspecified atom stereocenters. The van der Waals surface area contributed by atoms with Crippen molar-refractivity contribution in [2.75, 3.05) is 20.2 Å². The van der Waals surface area contributed by atoms with Crippen molar-refractivity contribution in [1.82, 2.24) is 9.47 Å². The number of hydrogen-bond donors (Lipinski definition) is 3. The Morgan fingerprint density at radius 3 is 2.75 bits per heavy atom. The van der Waals surface area contributed by atoms with Crippen LogP contribution in [0.1, 0.15) is 18.5 Å². The summed E-state index contributed by atoms with van der Waals surface area (Å²) in [5, 5.41) is 27.0. The lowest BCUT2D eigenvalue weighted by atomic mass is 10.2. The second-order valence-corrected chi connectivity index (χ2v) is 4.67. The molecule has 0 aromatic carbocycles. The third-order valence-corrected chi connectivity index (χ3v) is 2.90. The Morgan fingerprint density at radius 1 is 1.45 bits per heavy atom. The number of aliphatic carboxylic acids is 1. The Labute approximate surface area is 116 Å². The second kappa shape index (κ2) is 7.66. The topological polar surface area (TPSA) is 103 Å². The summed E-state index contributed by atoms with van der Waals surface area (Å²) in [5.74, 6) is -1.23. The number of hydrogen-bond acceptors (Lipinski definition) is 5. The predicted octanol–water partition coefficient (Wildman–Crippen LogP) is -0.157. The van der Waals surface area contributed by atoms with Gasteiger partial charge in [-0.25, -0.2) is 0 Å². The molecule has 7 heteroatoms. The van der Waals surface area contributed by atoms with Crippen LogP contribution in [0.15, 0.2) is 17.1 Å². The number of aryl methyl sites for hydroxylation is 1. The van der Waals surface area contributed by atoms with Crippen LogP contribution in [-0.2, 0) is 17.9 Å². The molecule has 0 atom stereocenters. The quantitative estimate of drug-likeness (QED) is 0.613. The fourth-order valence-corrected chi connectivity index (χ4v) is 1.87. The number of carboxylic acid groups (broad SMARTS) is 1. The van der Waals surface area contributed by atoms with Crippen molar-refractivity contribution < 1.29 is 20.1 Å². The van der Waals surface area contributed by atoms with Crippen LogP contribution >= 0.6 is 0 Å². The molecule has 0 saturated heterocycles. The Hall–Kier alpha value is -1.86. The molecular weight excluding hydrogens is 264 g/mol. The number of likely N-dealkylation sites (N-methyl/N-ethyl adjacent to an activating group) is 1. The minimum atomic E-state index is -0.880. The summed E-state index contributed by atoms with van der Waals surface area (Å²) in [6.07, 6.45) is 1.76. The number of rotatable bonds is 8. The fraction of sp³-hybridized carbons (Fsp3) is 0.538. The van der Waals surface area contributed by atoms with E-state index in [0.29, 0.717) is 31.7 Å². The van der Waals surface area contributed by atoms with Gasteiger partial charge >= 0.3 is 5.97 Å². The predicted molar refractivity (Wildman–Crippen MR) is 72.7 cm³/mol. The van der Waals surface area contributed by atoms with E-state index >= 15 is 0 Å². The van der Waals surface area contributed by atoms with Crippen LogP contribution in [0.25, 0.3) is 0 Å². The molecule has 20 heavy (non-hydrogen) atoms. The molecule has 0 amide bonds. The molecule has 1 aromatic rings. The van der Waals surface area contributed by atoms with Gasteiger partial charge in [0.2, 0.25) is 5.43 Å². The van der Waals surface area contributed by atoms with Crippen LogP contribution < -0.4 is 5.43 Å². The second-order valence-electron chi connectivity index (χ2n) is 4.67. The Balaban J connectivity index is 2.86. The highest BCUT2D eigenvalue weighted by Gasteiger charge is 2.09. The van der Waals surface area contributed by atoms with E-state index in [4.69, 9.17) is 10.2 Å². The Kier molecular flexibility index (Phi) is 6.20. The zero-order valence-corrected chi connectivity index (χ0v) is 11.4. The zero-order chi connectivity index (χ0) is 15.1. The highest BCUT2D eigenvalue weighted by molar-refractivity contribution is 5.66. The Bertz CT molecular complexity index is 512. The summed E-state index contributed by atoms with van der Waals surface area (Å²) < 4.78 is 1.67. The maximum Gasteiger partial charge on any atom is 0.303 e. The van der Waals surface area contributed by atoms with Crippen LogP contribution in [0.5, 0.6) is 5.75 Å². The first kappa shape index (κ1) is 16.2. The normalized spacial score (nSPS) is 10.9. The summed E-state index contributed by atoms with van der Waals surface area (Å²) in [6.45, 7) is 1.31. The molecule has 0 aliphatic heterocycles. The Morgan fingerprint density at radius 2 is 2.15 bits per heavy atom. The van der Waals surface area contributed by atoms with Gasteiger partial charge in [-0.3, -0.25) is 14.5 Å². The van der Waals surface area contributed by atoms with Gasteiger partial charge in [-0.15, -0.1) is 0 Å². The van der Waals surface area contributed by atoms with Gasteiger partial charge < -0.3 is 19.9 Å². The fourth-order valence-electron chi connectivity index (χ4n) is 1.87. The van der Waals surface area contributed by atoms with Gasteiger partial charge in [0.1, 0.15) is 0 Å². The number of nitrogens with zero attached hydrogens (tertiary/aromatic N) is 2. The van der Waals surface area contributed by atoms with Gasteiger partial charge in [0.25, 0.3) is 0 Å². The van der Waals surface area contributed by atoms with E-state index in [1.165, 1.54) is 12.3 Å². The number of aliphatic hydroxyl groups excluding tert-OH is 1. The summed E-state index contributed by atoms with van der Waals surface area (Å²) in [7, 11) is 1.80. The summed E-state index contributed by atoms with van der Waals surface area (Å²) in [6, 6.07) is 1.34. The maximum atomic E-state index is 11.5. The maximum absolute atomic E-state index is 11.5. The molecule has 7 nitrogen and oxygen atoms in total. The van der Waals surface area contributed by atoms with Crippen molar-refractivity contribution >= 4 is 5.97 Å². The minimum Gasteiger partial charge on any atom is -0.503 e. The molecule has 0 spiro atoms. The average Bonchev–Trinajstić information content (AvgIpc) is 2.35. The zero-order valence-electron chi connectivity index (χ0n) is 11.4. The number of aromatic hydroxyl groups is 1. The van der Waals surface area contributed by atoms with Gasteiger partial charge in [0, 0.05) is 37.8 Å². The molecule has 0 aliphatic carbocycles. The molecule has 0 bridgehead atoms. The van der Waals surface area contributed by atoms with Gasteiger partial charge in [-0.1, -0.05) is 0 Å². The molecule has 112 valence electrons. The molecular formula is C13H20N2O5. The summed E-state index contributed by atoms with van der Waals surface area (Å²) in [5.41, 5.74) is 0.209. The largest absolute Gasteiger partial charge is 0.503 e.